The Morgan fingerprint density at radius 1 is 0.971 bits per heavy atom. The number of benzene rings is 3. The number of anilines is 1. The van der Waals surface area contributed by atoms with Crippen LogP contribution in [0.2, 0.25) is 5.02 Å². The Balaban J connectivity index is 1.70. The number of methoxy groups -OCH3 is 2. The lowest BCUT2D eigenvalue weighted by molar-refractivity contribution is -0.384. The van der Waals surface area contributed by atoms with Gasteiger partial charge in [-0.2, -0.15) is 0 Å². The fourth-order valence-corrected chi connectivity index (χ4v) is 3.53. The van der Waals surface area contributed by atoms with Crippen molar-refractivity contribution in [3.8, 4) is 11.5 Å². The first-order valence-corrected chi connectivity index (χ1v) is 10.5. The number of ether oxygens (including phenoxy) is 2. The largest absolute Gasteiger partial charge is 0.497 e. The van der Waals surface area contributed by atoms with Crippen molar-refractivity contribution in [1.82, 2.24) is 5.32 Å². The minimum absolute atomic E-state index is 0.0487. The van der Waals surface area contributed by atoms with E-state index in [1.54, 1.807) is 50.6 Å². The molecule has 2 N–H and O–H groups in total. The molecule has 0 atom stereocenters. The highest BCUT2D eigenvalue weighted by atomic mass is 35.5. The van der Waals surface area contributed by atoms with E-state index in [1.165, 1.54) is 12.1 Å². The predicted octanol–water partition coefficient (Wildman–Crippen LogP) is 4.49. The van der Waals surface area contributed by atoms with E-state index in [4.69, 9.17) is 21.1 Å². The third-order valence-corrected chi connectivity index (χ3v) is 5.31. The summed E-state index contributed by atoms with van der Waals surface area (Å²) in [6, 6.07) is 15.5. The van der Waals surface area contributed by atoms with Crippen LogP contribution in [-0.4, -0.2) is 37.5 Å². The average Bonchev–Trinajstić information content (AvgIpc) is 2.83. The van der Waals surface area contributed by atoms with E-state index in [2.05, 4.69) is 10.6 Å². The third kappa shape index (κ3) is 5.81. The SMILES string of the molecule is COc1ccc(OC)c(CCNC(=O)c2ccccc2NC(=O)c2ccc([N+](=O)[O-])cc2Cl)c1. The topological polar surface area (TPSA) is 120 Å². The van der Waals surface area contributed by atoms with Gasteiger partial charge in [0.15, 0.2) is 0 Å². The molecule has 0 fully saturated rings. The van der Waals surface area contributed by atoms with Crippen LogP contribution >= 0.6 is 11.6 Å². The number of rotatable bonds is 9. The van der Waals surface area contributed by atoms with Crippen LogP contribution in [0.5, 0.6) is 11.5 Å². The lowest BCUT2D eigenvalue weighted by Crippen LogP contribution is -2.27. The molecule has 34 heavy (non-hydrogen) atoms. The summed E-state index contributed by atoms with van der Waals surface area (Å²) in [7, 11) is 3.14. The molecule has 3 aromatic rings. The first-order chi connectivity index (χ1) is 16.3. The number of nitro benzene ring substituents is 1. The molecule has 0 saturated heterocycles. The van der Waals surface area contributed by atoms with E-state index >= 15 is 0 Å². The van der Waals surface area contributed by atoms with Gasteiger partial charge in [0.1, 0.15) is 11.5 Å². The van der Waals surface area contributed by atoms with Gasteiger partial charge >= 0.3 is 0 Å². The molecule has 0 saturated carbocycles. The molecular weight excluding hydrogens is 462 g/mol. The van der Waals surface area contributed by atoms with Gasteiger partial charge in [-0.15, -0.1) is 0 Å². The summed E-state index contributed by atoms with van der Waals surface area (Å²) in [4.78, 5) is 35.8. The Kier molecular flexibility index (Phi) is 8.05. The van der Waals surface area contributed by atoms with Crippen molar-refractivity contribution in [2.24, 2.45) is 0 Å². The first-order valence-electron chi connectivity index (χ1n) is 10.2. The van der Waals surface area contributed by atoms with Gasteiger partial charge in [0.25, 0.3) is 17.5 Å². The molecule has 3 rings (SSSR count). The molecule has 0 aliphatic rings. The fraction of sp³-hybridized carbons (Fsp3) is 0.167. The molecule has 0 unspecified atom stereocenters. The Morgan fingerprint density at radius 3 is 2.41 bits per heavy atom. The number of carbonyl (C=O) groups excluding carboxylic acids is 2. The number of amides is 2. The minimum Gasteiger partial charge on any atom is -0.497 e. The molecule has 0 bridgehead atoms. The van der Waals surface area contributed by atoms with Crippen LogP contribution in [0.15, 0.2) is 60.7 Å². The summed E-state index contributed by atoms with van der Waals surface area (Å²) in [5.41, 5.74) is 1.23. The number of nitrogens with zero attached hydrogens (tertiary/aromatic N) is 1. The van der Waals surface area contributed by atoms with Gasteiger partial charge in [-0.3, -0.25) is 19.7 Å². The maximum atomic E-state index is 12.8. The predicted molar refractivity (Wildman–Crippen MR) is 128 cm³/mol. The Hall–Kier alpha value is -4.11. The molecule has 0 aromatic heterocycles. The van der Waals surface area contributed by atoms with Crippen molar-refractivity contribution in [2.75, 3.05) is 26.1 Å². The van der Waals surface area contributed by atoms with Gasteiger partial charge in [0, 0.05) is 18.7 Å². The molecule has 3 aromatic carbocycles. The molecular formula is C24H22ClN3O6. The molecule has 176 valence electrons. The number of hydrogen-bond acceptors (Lipinski definition) is 6. The van der Waals surface area contributed by atoms with Gasteiger partial charge in [0.05, 0.1) is 41.0 Å². The number of para-hydroxylation sites is 1. The molecule has 2 amide bonds. The second kappa shape index (κ2) is 11.2. The smallest absolute Gasteiger partial charge is 0.270 e. The van der Waals surface area contributed by atoms with Crippen LogP contribution in [0, 0.1) is 10.1 Å². The summed E-state index contributed by atoms with van der Waals surface area (Å²) in [6.07, 6.45) is 0.499. The molecule has 0 heterocycles. The van der Waals surface area contributed by atoms with Crippen molar-refractivity contribution in [1.29, 1.82) is 0 Å². The monoisotopic (exact) mass is 483 g/mol. The number of carbonyl (C=O) groups is 2. The Morgan fingerprint density at radius 2 is 1.74 bits per heavy atom. The van der Waals surface area contributed by atoms with Crippen molar-refractivity contribution < 1.29 is 24.0 Å². The van der Waals surface area contributed by atoms with Crippen molar-refractivity contribution >= 4 is 34.8 Å². The van der Waals surface area contributed by atoms with E-state index in [0.29, 0.717) is 24.5 Å². The molecule has 0 spiro atoms. The van der Waals surface area contributed by atoms with Crippen LogP contribution in [0.4, 0.5) is 11.4 Å². The van der Waals surface area contributed by atoms with Crippen LogP contribution in [0.1, 0.15) is 26.3 Å². The number of hydrogen-bond donors (Lipinski definition) is 2. The van der Waals surface area contributed by atoms with Crippen LogP contribution in [-0.2, 0) is 6.42 Å². The second-order valence-electron chi connectivity index (χ2n) is 7.10. The van der Waals surface area contributed by atoms with E-state index in [9.17, 15) is 19.7 Å². The average molecular weight is 484 g/mol. The summed E-state index contributed by atoms with van der Waals surface area (Å²) < 4.78 is 10.6. The van der Waals surface area contributed by atoms with E-state index < -0.39 is 10.8 Å². The maximum Gasteiger partial charge on any atom is 0.270 e. The highest BCUT2D eigenvalue weighted by Gasteiger charge is 2.18. The highest BCUT2D eigenvalue weighted by molar-refractivity contribution is 6.34. The van der Waals surface area contributed by atoms with E-state index in [-0.39, 0.29) is 33.4 Å². The van der Waals surface area contributed by atoms with Crippen molar-refractivity contribution in [3.63, 3.8) is 0 Å². The van der Waals surface area contributed by atoms with Crippen LogP contribution < -0.4 is 20.1 Å². The summed E-state index contributed by atoms with van der Waals surface area (Å²) in [5, 5.41) is 16.3. The quantitative estimate of drug-likeness (QED) is 0.342. The number of halogens is 1. The van der Waals surface area contributed by atoms with E-state index in [0.717, 1.165) is 11.6 Å². The molecule has 0 aliphatic carbocycles. The lowest BCUT2D eigenvalue weighted by atomic mass is 10.1. The Bertz CT molecular complexity index is 1230. The van der Waals surface area contributed by atoms with Crippen molar-refractivity contribution in [3.05, 3.63) is 92.5 Å². The summed E-state index contributed by atoms with van der Waals surface area (Å²) >= 11 is 6.05. The highest BCUT2D eigenvalue weighted by Crippen LogP contribution is 2.25. The zero-order chi connectivity index (χ0) is 24.7. The normalized spacial score (nSPS) is 10.3. The third-order valence-electron chi connectivity index (χ3n) is 5.00. The zero-order valence-corrected chi connectivity index (χ0v) is 19.2. The van der Waals surface area contributed by atoms with Crippen LogP contribution in [0.25, 0.3) is 0 Å². The van der Waals surface area contributed by atoms with Crippen molar-refractivity contribution in [2.45, 2.75) is 6.42 Å². The number of nitrogens with one attached hydrogen (secondary N) is 2. The van der Waals surface area contributed by atoms with Gasteiger partial charge in [0.2, 0.25) is 0 Å². The lowest BCUT2D eigenvalue weighted by Gasteiger charge is -2.13. The molecule has 10 heteroatoms. The fourth-order valence-electron chi connectivity index (χ4n) is 3.26. The zero-order valence-electron chi connectivity index (χ0n) is 18.5. The number of non-ortho nitro benzene ring substituents is 1. The summed E-state index contributed by atoms with van der Waals surface area (Å²) in [5.74, 6) is 0.386. The molecule has 9 nitrogen and oxygen atoms in total. The summed E-state index contributed by atoms with van der Waals surface area (Å²) in [6.45, 7) is 0.318. The molecule has 0 radical (unpaired) electrons. The standard InChI is InChI=1S/C24H22ClN3O6/c1-33-17-8-10-22(34-2)15(13-17)11-12-26-23(29)19-5-3-4-6-21(19)27-24(30)18-9-7-16(28(31)32)14-20(18)25/h3-10,13-14H,11-12H2,1-2H3,(H,26,29)(H,27,30). The van der Waals surface area contributed by atoms with Crippen LogP contribution in [0.3, 0.4) is 0 Å². The second-order valence-corrected chi connectivity index (χ2v) is 7.51. The maximum absolute atomic E-state index is 12.8. The molecule has 0 aliphatic heterocycles. The minimum atomic E-state index is -0.603. The van der Waals surface area contributed by atoms with Gasteiger partial charge in [-0.25, -0.2) is 0 Å². The first kappa shape index (κ1) is 24.5. The number of nitro groups is 1. The van der Waals surface area contributed by atoms with Gasteiger partial charge in [-0.1, -0.05) is 23.7 Å². The van der Waals surface area contributed by atoms with E-state index in [1.807, 2.05) is 6.07 Å². The van der Waals surface area contributed by atoms with Gasteiger partial charge in [-0.05, 0) is 48.4 Å². The Labute approximate surface area is 200 Å². The van der Waals surface area contributed by atoms with Gasteiger partial charge < -0.3 is 20.1 Å².